The molecule has 0 aromatic heterocycles. The van der Waals surface area contributed by atoms with Gasteiger partial charge in [-0.3, -0.25) is 13.9 Å². The standard InChI is InChI=1S/C30H35Cl2N3O4S/c1-6-22(4)33-30(37)23(5)34(18-24-11-16-27(31)28(32)17-24)29(36)19-35(25-12-7-20(2)8-13-25)40(38,39)26-14-9-21(3)10-15-26/h7-17,22-23H,6,18-19H2,1-5H3,(H,33,37)/t22-,23+/m0/s1. The molecule has 3 rings (SSSR count). The summed E-state index contributed by atoms with van der Waals surface area (Å²) in [5.41, 5.74) is 2.84. The monoisotopic (exact) mass is 603 g/mol. The Bertz CT molecular complexity index is 1440. The number of anilines is 1. The van der Waals surface area contributed by atoms with Crippen molar-refractivity contribution in [2.24, 2.45) is 0 Å². The molecular weight excluding hydrogens is 569 g/mol. The van der Waals surface area contributed by atoms with Crippen molar-refractivity contribution in [2.75, 3.05) is 10.8 Å². The Kier molecular flexibility index (Phi) is 10.6. The van der Waals surface area contributed by atoms with Crippen molar-refractivity contribution in [2.45, 2.75) is 64.6 Å². The Morgan fingerprint density at radius 3 is 2.00 bits per heavy atom. The van der Waals surface area contributed by atoms with E-state index in [9.17, 15) is 18.0 Å². The highest BCUT2D eigenvalue weighted by atomic mass is 35.5. The van der Waals surface area contributed by atoms with Gasteiger partial charge >= 0.3 is 0 Å². The predicted octanol–water partition coefficient (Wildman–Crippen LogP) is 6.14. The van der Waals surface area contributed by atoms with E-state index in [1.165, 1.54) is 17.0 Å². The minimum Gasteiger partial charge on any atom is -0.352 e. The van der Waals surface area contributed by atoms with Gasteiger partial charge in [0.25, 0.3) is 10.0 Å². The van der Waals surface area contributed by atoms with Crippen LogP contribution in [0.25, 0.3) is 0 Å². The fourth-order valence-corrected chi connectivity index (χ4v) is 5.69. The molecule has 40 heavy (non-hydrogen) atoms. The average molecular weight is 605 g/mol. The first-order valence-electron chi connectivity index (χ1n) is 13.0. The van der Waals surface area contributed by atoms with Crippen LogP contribution in [-0.4, -0.2) is 43.8 Å². The number of aryl methyl sites for hydroxylation is 2. The number of halogens is 2. The summed E-state index contributed by atoms with van der Waals surface area (Å²) in [5.74, 6) is -0.889. The molecule has 0 aliphatic rings. The molecule has 0 radical (unpaired) electrons. The van der Waals surface area contributed by atoms with Gasteiger partial charge in [0, 0.05) is 12.6 Å². The van der Waals surface area contributed by atoms with E-state index in [2.05, 4.69) is 5.32 Å². The third-order valence-corrected chi connectivity index (χ3v) is 9.24. The Labute approximate surface area is 247 Å². The molecule has 0 saturated heterocycles. The highest BCUT2D eigenvalue weighted by Gasteiger charge is 2.32. The molecule has 2 amide bonds. The van der Waals surface area contributed by atoms with Crippen molar-refractivity contribution < 1.29 is 18.0 Å². The van der Waals surface area contributed by atoms with Gasteiger partial charge in [-0.1, -0.05) is 71.6 Å². The highest BCUT2D eigenvalue weighted by molar-refractivity contribution is 7.92. The summed E-state index contributed by atoms with van der Waals surface area (Å²) in [6.45, 7) is 8.72. The number of rotatable bonds is 11. The van der Waals surface area contributed by atoms with Crippen molar-refractivity contribution in [3.8, 4) is 0 Å². The molecule has 0 saturated carbocycles. The normalized spacial score (nSPS) is 12.9. The van der Waals surface area contributed by atoms with Crippen molar-refractivity contribution in [3.05, 3.63) is 93.5 Å². The maximum absolute atomic E-state index is 14.0. The van der Waals surface area contributed by atoms with E-state index in [1.807, 2.05) is 27.7 Å². The number of sulfonamides is 1. The van der Waals surface area contributed by atoms with Crippen LogP contribution in [0.2, 0.25) is 10.0 Å². The van der Waals surface area contributed by atoms with Gasteiger partial charge in [-0.15, -0.1) is 0 Å². The molecule has 10 heteroatoms. The van der Waals surface area contributed by atoms with E-state index in [0.717, 1.165) is 21.9 Å². The first-order chi connectivity index (χ1) is 18.8. The number of benzene rings is 3. The van der Waals surface area contributed by atoms with E-state index in [-0.39, 0.29) is 23.4 Å². The SMILES string of the molecule is CC[C@H](C)NC(=O)[C@@H](C)N(Cc1ccc(Cl)c(Cl)c1)C(=O)CN(c1ccc(C)cc1)S(=O)(=O)c1ccc(C)cc1. The van der Waals surface area contributed by atoms with Gasteiger partial charge in [0.2, 0.25) is 11.8 Å². The number of nitrogens with one attached hydrogen (secondary N) is 1. The van der Waals surface area contributed by atoms with E-state index >= 15 is 0 Å². The molecule has 0 heterocycles. The fraction of sp³-hybridized carbons (Fsp3) is 0.333. The third-order valence-electron chi connectivity index (χ3n) is 6.72. The summed E-state index contributed by atoms with van der Waals surface area (Å²) in [6.07, 6.45) is 0.717. The lowest BCUT2D eigenvalue weighted by molar-refractivity contribution is -0.139. The summed E-state index contributed by atoms with van der Waals surface area (Å²) in [4.78, 5) is 28.5. The van der Waals surface area contributed by atoms with Gasteiger partial charge in [0.1, 0.15) is 12.6 Å². The maximum Gasteiger partial charge on any atom is 0.264 e. The number of carbonyl (C=O) groups is 2. The Balaban J connectivity index is 2.03. The van der Waals surface area contributed by atoms with Gasteiger partial charge in [0.05, 0.1) is 20.6 Å². The van der Waals surface area contributed by atoms with Crippen molar-refractivity contribution in [1.29, 1.82) is 0 Å². The molecule has 214 valence electrons. The van der Waals surface area contributed by atoms with Crippen LogP contribution in [0.15, 0.2) is 71.6 Å². The molecule has 0 unspecified atom stereocenters. The van der Waals surface area contributed by atoms with Gasteiger partial charge < -0.3 is 10.2 Å². The fourth-order valence-electron chi connectivity index (χ4n) is 3.96. The molecule has 2 atom stereocenters. The molecule has 0 aliphatic heterocycles. The zero-order valence-electron chi connectivity index (χ0n) is 23.3. The van der Waals surface area contributed by atoms with Crippen LogP contribution in [0.4, 0.5) is 5.69 Å². The maximum atomic E-state index is 14.0. The number of carbonyl (C=O) groups excluding carboxylic acids is 2. The van der Waals surface area contributed by atoms with Crippen LogP contribution in [-0.2, 0) is 26.2 Å². The molecule has 7 nitrogen and oxygen atoms in total. The van der Waals surface area contributed by atoms with Gasteiger partial charge in [0.15, 0.2) is 0 Å². The number of amides is 2. The Morgan fingerprint density at radius 1 is 0.875 bits per heavy atom. The zero-order valence-corrected chi connectivity index (χ0v) is 25.6. The second-order valence-electron chi connectivity index (χ2n) is 9.92. The molecule has 3 aromatic rings. The lowest BCUT2D eigenvalue weighted by Gasteiger charge is -2.32. The summed E-state index contributed by atoms with van der Waals surface area (Å²) < 4.78 is 28.8. The first-order valence-corrected chi connectivity index (χ1v) is 15.2. The first kappa shape index (κ1) is 31.5. The van der Waals surface area contributed by atoms with Crippen LogP contribution in [0, 0.1) is 13.8 Å². The molecular formula is C30H35Cl2N3O4S. The van der Waals surface area contributed by atoms with E-state index < -0.39 is 28.5 Å². The molecule has 0 aliphatic carbocycles. The second-order valence-corrected chi connectivity index (χ2v) is 12.6. The van der Waals surface area contributed by atoms with Crippen LogP contribution in [0.5, 0.6) is 0 Å². The predicted molar refractivity (Wildman–Crippen MR) is 161 cm³/mol. The lowest BCUT2D eigenvalue weighted by Crippen LogP contribution is -2.52. The Hall–Kier alpha value is -3.07. The van der Waals surface area contributed by atoms with E-state index in [0.29, 0.717) is 21.3 Å². The summed E-state index contributed by atoms with van der Waals surface area (Å²) in [6, 6.07) is 17.3. The minimum absolute atomic E-state index is 0.0249. The molecule has 1 N–H and O–H groups in total. The third kappa shape index (κ3) is 7.77. The number of hydrogen-bond donors (Lipinski definition) is 1. The quantitative estimate of drug-likeness (QED) is 0.285. The summed E-state index contributed by atoms with van der Waals surface area (Å²) in [5, 5.41) is 3.58. The van der Waals surface area contributed by atoms with Gasteiger partial charge in [-0.25, -0.2) is 8.42 Å². The second kappa shape index (κ2) is 13.5. The number of nitrogens with zero attached hydrogens (tertiary/aromatic N) is 2. The molecule has 0 bridgehead atoms. The molecule has 0 fully saturated rings. The van der Waals surface area contributed by atoms with Crippen LogP contribution in [0.1, 0.15) is 43.9 Å². The van der Waals surface area contributed by atoms with Crippen molar-refractivity contribution >= 4 is 50.7 Å². The molecule has 0 spiro atoms. The smallest absolute Gasteiger partial charge is 0.264 e. The zero-order chi connectivity index (χ0) is 29.6. The highest BCUT2D eigenvalue weighted by Crippen LogP contribution is 2.27. The average Bonchev–Trinajstić information content (AvgIpc) is 2.92. The largest absolute Gasteiger partial charge is 0.352 e. The van der Waals surface area contributed by atoms with Gasteiger partial charge in [-0.2, -0.15) is 0 Å². The number of hydrogen-bond acceptors (Lipinski definition) is 4. The van der Waals surface area contributed by atoms with Crippen LogP contribution < -0.4 is 9.62 Å². The summed E-state index contributed by atoms with van der Waals surface area (Å²) >= 11 is 12.3. The van der Waals surface area contributed by atoms with Crippen molar-refractivity contribution in [3.63, 3.8) is 0 Å². The summed E-state index contributed by atoms with van der Waals surface area (Å²) in [7, 11) is -4.12. The van der Waals surface area contributed by atoms with Crippen LogP contribution in [0.3, 0.4) is 0 Å². The van der Waals surface area contributed by atoms with E-state index in [4.69, 9.17) is 23.2 Å². The minimum atomic E-state index is -4.12. The van der Waals surface area contributed by atoms with E-state index in [1.54, 1.807) is 61.5 Å². The Morgan fingerprint density at radius 2 is 1.45 bits per heavy atom. The topological polar surface area (TPSA) is 86.8 Å². The lowest BCUT2D eigenvalue weighted by atomic mass is 10.1. The molecule has 3 aromatic carbocycles. The van der Waals surface area contributed by atoms with Crippen molar-refractivity contribution in [1.82, 2.24) is 10.2 Å². The van der Waals surface area contributed by atoms with Gasteiger partial charge in [-0.05, 0) is 76.1 Å². The van der Waals surface area contributed by atoms with Crippen LogP contribution >= 0.6 is 23.2 Å².